The van der Waals surface area contributed by atoms with Crippen LogP contribution >= 0.6 is 0 Å². The largest absolute Gasteiger partial charge is 0.478 e. The van der Waals surface area contributed by atoms with E-state index in [1.807, 2.05) is 35.7 Å². The van der Waals surface area contributed by atoms with Crippen molar-refractivity contribution in [1.29, 1.82) is 0 Å². The molecule has 2 N–H and O–H groups in total. The third kappa shape index (κ3) is 3.08. The molecule has 1 aromatic carbocycles. The van der Waals surface area contributed by atoms with Crippen molar-refractivity contribution in [3.05, 3.63) is 71.9 Å². The van der Waals surface area contributed by atoms with Crippen LogP contribution < -0.4 is 5.32 Å². The molecule has 0 saturated carbocycles. The Morgan fingerprint density at radius 3 is 2.81 bits per heavy atom. The van der Waals surface area contributed by atoms with Crippen LogP contribution in [0.4, 0.5) is 16.0 Å². The van der Waals surface area contributed by atoms with Gasteiger partial charge in [0.15, 0.2) is 0 Å². The predicted molar refractivity (Wildman–Crippen MR) is 97.6 cm³/mol. The summed E-state index contributed by atoms with van der Waals surface area (Å²) in [5, 5.41) is 11.7. The Bertz CT molecular complexity index is 1170. The Labute approximate surface area is 153 Å². The molecule has 0 fully saturated rings. The summed E-state index contributed by atoms with van der Waals surface area (Å²) in [6.45, 7) is 1.89. The van der Waals surface area contributed by atoms with Crippen molar-refractivity contribution in [2.75, 3.05) is 5.32 Å². The van der Waals surface area contributed by atoms with Crippen LogP contribution in [0.25, 0.3) is 17.0 Å². The number of nitrogens with zero attached hydrogens (tertiary/aromatic N) is 4. The molecule has 0 saturated heterocycles. The molecule has 3 heterocycles. The van der Waals surface area contributed by atoms with Crippen molar-refractivity contribution in [3.63, 3.8) is 0 Å². The van der Waals surface area contributed by atoms with Gasteiger partial charge in [0.1, 0.15) is 11.5 Å². The van der Waals surface area contributed by atoms with Gasteiger partial charge in [0.2, 0.25) is 5.95 Å². The fourth-order valence-electron chi connectivity index (χ4n) is 2.84. The molecule has 0 atom stereocenters. The minimum atomic E-state index is -1.19. The highest BCUT2D eigenvalue weighted by molar-refractivity contribution is 5.88. The minimum Gasteiger partial charge on any atom is -0.478 e. The van der Waals surface area contributed by atoms with Crippen molar-refractivity contribution < 1.29 is 14.3 Å². The van der Waals surface area contributed by atoms with Gasteiger partial charge in [0.05, 0.1) is 28.3 Å². The Kier molecular flexibility index (Phi) is 4.00. The van der Waals surface area contributed by atoms with E-state index in [1.54, 1.807) is 12.3 Å². The fraction of sp³-hybridized carbons (Fsp3) is 0.0526. The first-order valence-corrected chi connectivity index (χ1v) is 8.10. The van der Waals surface area contributed by atoms with Crippen molar-refractivity contribution in [1.82, 2.24) is 19.4 Å². The molecule has 0 unspecified atom stereocenters. The Morgan fingerprint density at radius 1 is 1.19 bits per heavy atom. The second-order valence-electron chi connectivity index (χ2n) is 5.86. The quantitative estimate of drug-likeness (QED) is 0.575. The number of hydrogen-bond donors (Lipinski definition) is 2. The molecule has 7 nitrogen and oxygen atoms in total. The van der Waals surface area contributed by atoms with Crippen LogP contribution in [0.15, 0.2) is 54.9 Å². The van der Waals surface area contributed by atoms with Gasteiger partial charge in [-0.1, -0.05) is 6.07 Å². The number of imidazole rings is 1. The number of carboxylic acids is 1. The van der Waals surface area contributed by atoms with Crippen molar-refractivity contribution in [3.8, 4) is 11.4 Å². The number of aryl methyl sites for hydroxylation is 1. The number of carbonyl (C=O) groups is 1. The SMILES string of the molecule is Cc1nc2ccccn2c1-c1ccnc(Nc2ccc(C(=O)O)cc2F)n1. The van der Waals surface area contributed by atoms with Gasteiger partial charge in [0, 0.05) is 12.4 Å². The number of aromatic carboxylic acids is 1. The van der Waals surface area contributed by atoms with Crippen LogP contribution in [0.1, 0.15) is 16.1 Å². The van der Waals surface area contributed by atoms with Crippen molar-refractivity contribution in [2.45, 2.75) is 6.92 Å². The molecule has 0 aliphatic rings. The topological polar surface area (TPSA) is 92.4 Å². The number of halogens is 1. The van der Waals surface area contributed by atoms with Crippen LogP contribution in [0.5, 0.6) is 0 Å². The van der Waals surface area contributed by atoms with E-state index in [0.717, 1.165) is 23.1 Å². The van der Waals surface area contributed by atoms with E-state index in [2.05, 4.69) is 20.3 Å². The maximum absolute atomic E-state index is 14.1. The van der Waals surface area contributed by atoms with Gasteiger partial charge in [-0.25, -0.2) is 24.1 Å². The lowest BCUT2D eigenvalue weighted by atomic mass is 10.2. The first-order chi connectivity index (χ1) is 13.0. The number of benzene rings is 1. The van der Waals surface area contributed by atoms with E-state index in [4.69, 9.17) is 5.11 Å². The molecule has 134 valence electrons. The molecule has 0 aliphatic carbocycles. The molecule has 0 aliphatic heterocycles. The third-order valence-corrected chi connectivity index (χ3v) is 4.06. The maximum Gasteiger partial charge on any atom is 0.335 e. The lowest BCUT2D eigenvalue weighted by Crippen LogP contribution is -2.03. The van der Waals surface area contributed by atoms with Gasteiger partial charge in [-0.3, -0.25) is 4.40 Å². The van der Waals surface area contributed by atoms with Crippen LogP contribution in [0.3, 0.4) is 0 Å². The standard InChI is InChI=1S/C19H14FN5O2/c1-11-17(25-9-3-2-4-16(25)22-11)15-7-8-21-19(24-15)23-14-6-5-12(18(26)27)10-13(14)20/h2-10H,1H3,(H,26,27)(H,21,23,24). The molecule has 4 rings (SSSR count). The van der Waals surface area contributed by atoms with E-state index in [-0.39, 0.29) is 17.2 Å². The zero-order valence-electron chi connectivity index (χ0n) is 14.2. The molecule has 0 amide bonds. The van der Waals surface area contributed by atoms with Crippen LogP contribution in [-0.2, 0) is 0 Å². The summed E-state index contributed by atoms with van der Waals surface area (Å²) in [5.41, 5.74) is 3.02. The van der Waals surface area contributed by atoms with Gasteiger partial charge in [-0.05, 0) is 43.3 Å². The Hall–Kier alpha value is -3.81. The molecule has 0 radical (unpaired) electrons. The van der Waals surface area contributed by atoms with Gasteiger partial charge >= 0.3 is 5.97 Å². The summed E-state index contributed by atoms with van der Waals surface area (Å²) in [5.74, 6) is -1.70. The highest BCUT2D eigenvalue weighted by Gasteiger charge is 2.14. The lowest BCUT2D eigenvalue weighted by molar-refractivity contribution is 0.0696. The number of pyridine rings is 1. The molecule has 0 spiro atoms. The maximum atomic E-state index is 14.1. The Balaban J connectivity index is 1.71. The fourth-order valence-corrected chi connectivity index (χ4v) is 2.84. The smallest absolute Gasteiger partial charge is 0.335 e. The highest BCUT2D eigenvalue weighted by atomic mass is 19.1. The average Bonchev–Trinajstić information content (AvgIpc) is 2.99. The van der Waals surface area contributed by atoms with E-state index in [9.17, 15) is 9.18 Å². The van der Waals surface area contributed by atoms with Gasteiger partial charge in [0.25, 0.3) is 0 Å². The number of nitrogens with one attached hydrogen (secondary N) is 1. The first kappa shape index (κ1) is 16.6. The van der Waals surface area contributed by atoms with E-state index in [0.29, 0.717) is 5.69 Å². The molecule has 4 aromatic rings. The number of fused-ring (bicyclic) bond motifs is 1. The van der Waals surface area contributed by atoms with Crippen LogP contribution in [0, 0.1) is 12.7 Å². The third-order valence-electron chi connectivity index (χ3n) is 4.06. The summed E-state index contributed by atoms with van der Waals surface area (Å²) in [7, 11) is 0. The van der Waals surface area contributed by atoms with Crippen molar-refractivity contribution >= 4 is 23.3 Å². The number of rotatable bonds is 4. The van der Waals surface area contributed by atoms with E-state index >= 15 is 0 Å². The second kappa shape index (κ2) is 6.49. The average molecular weight is 363 g/mol. The summed E-state index contributed by atoms with van der Waals surface area (Å²) in [6.07, 6.45) is 3.46. The number of carboxylic acid groups (broad SMARTS) is 1. The second-order valence-corrected chi connectivity index (χ2v) is 5.86. The molecular weight excluding hydrogens is 349 g/mol. The molecule has 0 bridgehead atoms. The summed E-state index contributed by atoms with van der Waals surface area (Å²) >= 11 is 0. The van der Waals surface area contributed by atoms with Gasteiger partial charge in [-0.2, -0.15) is 0 Å². The van der Waals surface area contributed by atoms with Gasteiger partial charge in [-0.15, -0.1) is 0 Å². The number of aromatic nitrogens is 4. The van der Waals surface area contributed by atoms with E-state index < -0.39 is 11.8 Å². The molecule has 27 heavy (non-hydrogen) atoms. The zero-order chi connectivity index (χ0) is 19.0. The summed E-state index contributed by atoms with van der Waals surface area (Å²) in [6, 6.07) is 11.1. The number of hydrogen-bond acceptors (Lipinski definition) is 5. The first-order valence-electron chi connectivity index (χ1n) is 8.10. The minimum absolute atomic E-state index is 0.0898. The highest BCUT2D eigenvalue weighted by Crippen LogP contribution is 2.25. The molecular formula is C19H14FN5O2. The van der Waals surface area contributed by atoms with Crippen LogP contribution in [0.2, 0.25) is 0 Å². The lowest BCUT2D eigenvalue weighted by Gasteiger charge is -2.08. The zero-order valence-corrected chi connectivity index (χ0v) is 14.2. The predicted octanol–water partition coefficient (Wildman–Crippen LogP) is 3.68. The molecule has 3 aromatic heterocycles. The van der Waals surface area contributed by atoms with E-state index in [1.165, 1.54) is 12.1 Å². The molecule has 8 heteroatoms. The number of anilines is 2. The summed E-state index contributed by atoms with van der Waals surface area (Å²) < 4.78 is 16.1. The summed E-state index contributed by atoms with van der Waals surface area (Å²) in [4.78, 5) is 24.0. The van der Waals surface area contributed by atoms with Crippen molar-refractivity contribution in [2.24, 2.45) is 0 Å². The monoisotopic (exact) mass is 363 g/mol. The van der Waals surface area contributed by atoms with Gasteiger partial charge < -0.3 is 10.4 Å². The normalized spacial score (nSPS) is 10.9. The van der Waals surface area contributed by atoms with Crippen LogP contribution in [-0.4, -0.2) is 30.4 Å². The Morgan fingerprint density at radius 2 is 2.04 bits per heavy atom.